The molecule has 1 aromatic carbocycles. The molecular weight excluding hydrogens is 298 g/mol. The van der Waals surface area contributed by atoms with Crippen LogP contribution in [0.5, 0.6) is 11.5 Å². The predicted octanol–water partition coefficient (Wildman–Crippen LogP) is 2.42. The third-order valence-electron chi connectivity index (χ3n) is 3.78. The summed E-state index contributed by atoms with van der Waals surface area (Å²) in [6, 6.07) is 4.33. The van der Waals surface area contributed by atoms with Crippen molar-refractivity contribution in [3.05, 3.63) is 23.8 Å². The fraction of sp³-hybridized carbons (Fsp3) is 0.529. The van der Waals surface area contributed by atoms with Crippen LogP contribution in [0, 0.1) is 5.92 Å². The van der Waals surface area contributed by atoms with Gasteiger partial charge in [0.25, 0.3) is 5.91 Å². The Morgan fingerprint density at radius 3 is 2.61 bits per heavy atom. The summed E-state index contributed by atoms with van der Waals surface area (Å²) in [6.45, 7) is 3.50. The summed E-state index contributed by atoms with van der Waals surface area (Å²) >= 11 is 0. The van der Waals surface area contributed by atoms with Crippen molar-refractivity contribution in [2.45, 2.75) is 26.2 Å². The second-order valence-electron chi connectivity index (χ2n) is 5.74. The molecule has 2 rings (SSSR count). The SMILES string of the molecule is CCCN(CC1CC1)C(=O)COc1ccc(C(=O)O)cc1OC. The number of hydrogen-bond donors (Lipinski definition) is 1. The number of rotatable bonds is 9. The largest absolute Gasteiger partial charge is 0.493 e. The molecule has 23 heavy (non-hydrogen) atoms. The van der Waals surface area contributed by atoms with Gasteiger partial charge in [0, 0.05) is 13.1 Å². The molecule has 0 atom stereocenters. The lowest BCUT2D eigenvalue weighted by Crippen LogP contribution is -2.37. The molecule has 1 aliphatic carbocycles. The van der Waals surface area contributed by atoms with Crippen molar-refractivity contribution in [1.82, 2.24) is 4.90 Å². The molecule has 0 heterocycles. The van der Waals surface area contributed by atoms with Gasteiger partial charge in [0.15, 0.2) is 18.1 Å². The average molecular weight is 321 g/mol. The van der Waals surface area contributed by atoms with Gasteiger partial charge in [0.05, 0.1) is 12.7 Å². The molecule has 1 aliphatic rings. The standard InChI is InChI=1S/C17H23NO5/c1-3-8-18(10-12-4-5-12)16(19)11-23-14-7-6-13(17(20)21)9-15(14)22-2/h6-7,9,12H,3-5,8,10-11H2,1-2H3,(H,20,21). The van der Waals surface area contributed by atoms with E-state index < -0.39 is 5.97 Å². The van der Waals surface area contributed by atoms with E-state index in [-0.39, 0.29) is 18.1 Å². The van der Waals surface area contributed by atoms with Gasteiger partial charge in [-0.15, -0.1) is 0 Å². The monoisotopic (exact) mass is 321 g/mol. The smallest absolute Gasteiger partial charge is 0.335 e. The van der Waals surface area contributed by atoms with E-state index in [1.807, 2.05) is 11.8 Å². The van der Waals surface area contributed by atoms with Gasteiger partial charge in [-0.2, -0.15) is 0 Å². The molecule has 1 aromatic rings. The van der Waals surface area contributed by atoms with Crippen LogP contribution in [0.25, 0.3) is 0 Å². The summed E-state index contributed by atoms with van der Waals surface area (Å²) in [5.74, 6) is 0.220. The number of carboxylic acids is 1. The first-order chi connectivity index (χ1) is 11.0. The van der Waals surface area contributed by atoms with Gasteiger partial charge in [0.1, 0.15) is 0 Å². The minimum Gasteiger partial charge on any atom is -0.493 e. The number of carboxylic acid groups (broad SMARTS) is 1. The maximum absolute atomic E-state index is 12.3. The third kappa shape index (κ3) is 4.87. The molecule has 0 aliphatic heterocycles. The number of carbonyl (C=O) groups excluding carboxylic acids is 1. The summed E-state index contributed by atoms with van der Waals surface area (Å²) in [6.07, 6.45) is 3.30. The third-order valence-corrected chi connectivity index (χ3v) is 3.78. The Balaban J connectivity index is 1.97. The van der Waals surface area contributed by atoms with Crippen molar-refractivity contribution in [3.63, 3.8) is 0 Å². The van der Waals surface area contributed by atoms with Gasteiger partial charge >= 0.3 is 5.97 Å². The minimum absolute atomic E-state index is 0.0527. The van der Waals surface area contributed by atoms with E-state index in [1.165, 1.54) is 38.2 Å². The van der Waals surface area contributed by atoms with Crippen LogP contribution in [0.4, 0.5) is 0 Å². The van der Waals surface area contributed by atoms with Gasteiger partial charge in [-0.05, 0) is 43.4 Å². The van der Waals surface area contributed by atoms with Crippen molar-refractivity contribution < 1.29 is 24.2 Å². The summed E-state index contributed by atoms with van der Waals surface area (Å²) in [7, 11) is 1.44. The van der Waals surface area contributed by atoms with E-state index in [1.54, 1.807) is 0 Å². The number of amides is 1. The fourth-order valence-electron chi connectivity index (χ4n) is 2.35. The predicted molar refractivity (Wildman–Crippen MR) is 85.0 cm³/mol. The molecular formula is C17H23NO5. The zero-order chi connectivity index (χ0) is 16.8. The molecule has 6 nitrogen and oxygen atoms in total. The van der Waals surface area contributed by atoms with Crippen LogP contribution in [0.15, 0.2) is 18.2 Å². The zero-order valence-electron chi connectivity index (χ0n) is 13.6. The van der Waals surface area contributed by atoms with Crippen molar-refractivity contribution in [2.75, 3.05) is 26.8 Å². The first kappa shape index (κ1) is 17.1. The molecule has 6 heteroatoms. The number of benzene rings is 1. The lowest BCUT2D eigenvalue weighted by atomic mass is 10.2. The van der Waals surface area contributed by atoms with E-state index in [9.17, 15) is 9.59 Å². The lowest BCUT2D eigenvalue weighted by Gasteiger charge is -2.22. The van der Waals surface area contributed by atoms with Crippen molar-refractivity contribution in [1.29, 1.82) is 0 Å². The first-order valence-corrected chi connectivity index (χ1v) is 7.87. The minimum atomic E-state index is -1.04. The van der Waals surface area contributed by atoms with Crippen molar-refractivity contribution in [3.8, 4) is 11.5 Å². The highest BCUT2D eigenvalue weighted by Crippen LogP contribution is 2.30. The highest BCUT2D eigenvalue weighted by atomic mass is 16.5. The highest BCUT2D eigenvalue weighted by Gasteiger charge is 2.26. The quantitative estimate of drug-likeness (QED) is 0.756. The van der Waals surface area contributed by atoms with Gasteiger partial charge in [0.2, 0.25) is 0 Å². The topological polar surface area (TPSA) is 76.1 Å². The Morgan fingerprint density at radius 1 is 1.30 bits per heavy atom. The maximum atomic E-state index is 12.3. The Bertz CT molecular complexity index is 568. The number of carbonyl (C=O) groups is 2. The maximum Gasteiger partial charge on any atom is 0.335 e. The van der Waals surface area contributed by atoms with E-state index in [0.717, 1.165) is 19.5 Å². The Hall–Kier alpha value is -2.24. The molecule has 0 unspecified atom stereocenters. The van der Waals surface area contributed by atoms with Gasteiger partial charge in [-0.1, -0.05) is 6.92 Å². The van der Waals surface area contributed by atoms with Crippen LogP contribution in [-0.2, 0) is 4.79 Å². The zero-order valence-corrected chi connectivity index (χ0v) is 13.6. The lowest BCUT2D eigenvalue weighted by molar-refractivity contribution is -0.133. The van der Waals surface area contributed by atoms with Crippen LogP contribution in [0.1, 0.15) is 36.5 Å². The molecule has 1 N–H and O–H groups in total. The number of methoxy groups -OCH3 is 1. The van der Waals surface area contributed by atoms with Gasteiger partial charge in [-0.25, -0.2) is 4.79 Å². The molecule has 1 fully saturated rings. The summed E-state index contributed by atoms with van der Waals surface area (Å²) in [4.78, 5) is 25.1. The van der Waals surface area contributed by atoms with E-state index >= 15 is 0 Å². The van der Waals surface area contributed by atoms with Gasteiger partial charge in [-0.3, -0.25) is 4.79 Å². The number of nitrogens with zero attached hydrogens (tertiary/aromatic N) is 1. The molecule has 0 bridgehead atoms. The molecule has 0 saturated heterocycles. The average Bonchev–Trinajstić information content (AvgIpc) is 3.35. The fourth-order valence-corrected chi connectivity index (χ4v) is 2.35. The Morgan fingerprint density at radius 2 is 2.04 bits per heavy atom. The van der Waals surface area contributed by atoms with E-state index in [2.05, 4.69) is 0 Å². The summed E-state index contributed by atoms with van der Waals surface area (Å²) < 4.78 is 10.7. The molecule has 0 radical (unpaired) electrons. The van der Waals surface area contributed by atoms with Crippen LogP contribution >= 0.6 is 0 Å². The van der Waals surface area contributed by atoms with Crippen LogP contribution in [-0.4, -0.2) is 48.7 Å². The molecule has 0 spiro atoms. The number of aromatic carboxylic acids is 1. The van der Waals surface area contributed by atoms with Crippen LogP contribution < -0.4 is 9.47 Å². The second-order valence-corrected chi connectivity index (χ2v) is 5.74. The van der Waals surface area contributed by atoms with Crippen molar-refractivity contribution in [2.24, 2.45) is 5.92 Å². The van der Waals surface area contributed by atoms with E-state index in [0.29, 0.717) is 17.4 Å². The van der Waals surface area contributed by atoms with Crippen LogP contribution in [0.2, 0.25) is 0 Å². The first-order valence-electron chi connectivity index (χ1n) is 7.87. The Kier molecular flexibility index (Phi) is 5.84. The normalized spacial score (nSPS) is 13.5. The molecule has 0 aromatic heterocycles. The van der Waals surface area contributed by atoms with Crippen molar-refractivity contribution >= 4 is 11.9 Å². The highest BCUT2D eigenvalue weighted by molar-refractivity contribution is 5.88. The second kappa shape index (κ2) is 7.85. The van der Waals surface area contributed by atoms with Crippen LogP contribution in [0.3, 0.4) is 0 Å². The summed E-state index contributed by atoms with van der Waals surface area (Å²) in [5.41, 5.74) is 0.113. The van der Waals surface area contributed by atoms with Gasteiger partial charge < -0.3 is 19.5 Å². The number of ether oxygens (including phenoxy) is 2. The molecule has 1 saturated carbocycles. The van der Waals surface area contributed by atoms with E-state index in [4.69, 9.17) is 14.6 Å². The summed E-state index contributed by atoms with van der Waals surface area (Å²) in [5, 5.41) is 8.98. The molecule has 1 amide bonds. The number of hydrogen-bond acceptors (Lipinski definition) is 4. The Labute approximate surface area is 136 Å². The molecule has 126 valence electrons.